The van der Waals surface area contributed by atoms with Crippen molar-refractivity contribution >= 4 is 17.5 Å². The average molecular weight is 329 g/mol. The highest BCUT2D eigenvalue weighted by Crippen LogP contribution is 2.30. The first kappa shape index (κ1) is 16.3. The molecule has 1 heterocycles. The summed E-state index contributed by atoms with van der Waals surface area (Å²) in [6.45, 7) is 1.74. The summed E-state index contributed by atoms with van der Waals surface area (Å²) >= 11 is 5.78. The minimum Gasteiger partial charge on any atom is -0.346 e. The van der Waals surface area contributed by atoms with Gasteiger partial charge in [-0.3, -0.25) is 9.78 Å². The molecular formula is C15H12ClF3N2O. The van der Waals surface area contributed by atoms with Crippen LogP contribution in [0.5, 0.6) is 0 Å². The first-order valence-electron chi connectivity index (χ1n) is 6.34. The van der Waals surface area contributed by atoms with Gasteiger partial charge in [0, 0.05) is 11.8 Å². The number of alkyl halides is 3. The van der Waals surface area contributed by atoms with Crippen LogP contribution in [0.4, 0.5) is 13.2 Å². The second kappa shape index (κ2) is 6.36. The molecule has 1 amide bonds. The zero-order valence-corrected chi connectivity index (χ0v) is 12.3. The molecular weight excluding hydrogens is 317 g/mol. The van der Waals surface area contributed by atoms with Crippen molar-refractivity contribution in [1.29, 1.82) is 0 Å². The molecule has 0 fully saturated rings. The Kier molecular flexibility index (Phi) is 4.71. The second-order valence-corrected chi connectivity index (χ2v) is 5.06. The van der Waals surface area contributed by atoms with E-state index in [-0.39, 0.29) is 23.2 Å². The van der Waals surface area contributed by atoms with Gasteiger partial charge in [0.2, 0.25) is 0 Å². The average Bonchev–Trinajstić information content (AvgIpc) is 2.45. The van der Waals surface area contributed by atoms with Gasteiger partial charge in [0.25, 0.3) is 5.91 Å². The van der Waals surface area contributed by atoms with E-state index in [2.05, 4.69) is 10.3 Å². The summed E-state index contributed by atoms with van der Waals surface area (Å²) < 4.78 is 37.5. The van der Waals surface area contributed by atoms with E-state index < -0.39 is 11.7 Å². The zero-order valence-electron chi connectivity index (χ0n) is 11.5. The largest absolute Gasteiger partial charge is 0.417 e. The van der Waals surface area contributed by atoms with Gasteiger partial charge in [0.1, 0.15) is 0 Å². The van der Waals surface area contributed by atoms with Gasteiger partial charge >= 0.3 is 6.18 Å². The monoisotopic (exact) mass is 328 g/mol. The van der Waals surface area contributed by atoms with E-state index in [0.717, 1.165) is 11.6 Å². The molecule has 0 radical (unpaired) electrons. The lowest BCUT2D eigenvalue weighted by atomic mass is 10.1. The van der Waals surface area contributed by atoms with E-state index in [9.17, 15) is 18.0 Å². The molecule has 0 spiro atoms. The van der Waals surface area contributed by atoms with Crippen LogP contribution in [-0.2, 0) is 12.7 Å². The van der Waals surface area contributed by atoms with Crippen LogP contribution in [0, 0.1) is 6.92 Å². The predicted molar refractivity (Wildman–Crippen MR) is 76.6 cm³/mol. The van der Waals surface area contributed by atoms with Gasteiger partial charge in [-0.05, 0) is 24.6 Å². The van der Waals surface area contributed by atoms with Crippen LogP contribution in [0.15, 0.2) is 36.5 Å². The maximum absolute atomic E-state index is 12.5. The fourth-order valence-corrected chi connectivity index (χ4v) is 2.07. The molecule has 0 aliphatic heterocycles. The fourth-order valence-electron chi connectivity index (χ4n) is 1.84. The van der Waals surface area contributed by atoms with Crippen LogP contribution in [0.1, 0.15) is 27.2 Å². The highest BCUT2D eigenvalue weighted by molar-refractivity contribution is 6.31. The Labute approximate surface area is 130 Å². The number of pyridine rings is 1. The molecule has 1 N–H and O–H groups in total. The lowest BCUT2D eigenvalue weighted by molar-refractivity contribution is -0.137. The van der Waals surface area contributed by atoms with Crippen molar-refractivity contribution in [3.8, 4) is 0 Å². The van der Waals surface area contributed by atoms with E-state index >= 15 is 0 Å². The molecule has 0 atom stereocenters. The Hall–Kier alpha value is -2.08. The van der Waals surface area contributed by atoms with Crippen LogP contribution in [0.25, 0.3) is 0 Å². The second-order valence-electron chi connectivity index (χ2n) is 4.65. The quantitative estimate of drug-likeness (QED) is 0.925. The summed E-state index contributed by atoms with van der Waals surface area (Å²) in [5.74, 6) is -0.337. The fraction of sp³-hybridized carbons (Fsp3) is 0.200. The first-order valence-corrected chi connectivity index (χ1v) is 6.72. The molecule has 2 aromatic rings. The molecule has 0 unspecified atom stereocenters. The van der Waals surface area contributed by atoms with Crippen LogP contribution >= 0.6 is 11.6 Å². The van der Waals surface area contributed by atoms with E-state index in [1.54, 1.807) is 31.2 Å². The molecule has 1 aromatic heterocycles. The van der Waals surface area contributed by atoms with Crippen molar-refractivity contribution < 1.29 is 18.0 Å². The standard InChI is InChI=1S/C15H12ClF3N2O/c1-9-4-2-3-5-11(9)14(22)21-8-13-12(16)6-10(7-20-13)15(17,18)19/h2-7H,8H2,1H3,(H,21,22). The summed E-state index contributed by atoms with van der Waals surface area (Å²) in [4.78, 5) is 15.7. The molecule has 2 rings (SSSR count). The van der Waals surface area contributed by atoms with Crippen LogP contribution in [0.2, 0.25) is 5.02 Å². The molecule has 22 heavy (non-hydrogen) atoms. The van der Waals surface area contributed by atoms with Crippen molar-refractivity contribution in [1.82, 2.24) is 10.3 Å². The minimum atomic E-state index is -4.50. The Morgan fingerprint density at radius 3 is 2.59 bits per heavy atom. The normalized spacial score (nSPS) is 11.3. The topological polar surface area (TPSA) is 42.0 Å². The Bertz CT molecular complexity index is 701. The van der Waals surface area contributed by atoms with Crippen LogP contribution in [-0.4, -0.2) is 10.9 Å². The van der Waals surface area contributed by atoms with E-state index in [1.165, 1.54) is 0 Å². The van der Waals surface area contributed by atoms with Gasteiger partial charge in [-0.2, -0.15) is 13.2 Å². The third-order valence-electron chi connectivity index (χ3n) is 3.05. The summed E-state index contributed by atoms with van der Waals surface area (Å²) in [5.41, 5.74) is 0.542. The number of carbonyl (C=O) groups excluding carboxylic acids is 1. The lowest BCUT2D eigenvalue weighted by Gasteiger charge is -2.10. The molecule has 0 bridgehead atoms. The van der Waals surface area contributed by atoms with Crippen molar-refractivity contribution in [2.24, 2.45) is 0 Å². The number of halogens is 4. The summed E-state index contributed by atoms with van der Waals surface area (Å²) in [6.07, 6.45) is -3.80. The van der Waals surface area contributed by atoms with Crippen molar-refractivity contribution in [2.75, 3.05) is 0 Å². The minimum absolute atomic E-state index is 0.0515. The number of benzene rings is 1. The Morgan fingerprint density at radius 1 is 1.32 bits per heavy atom. The third-order valence-corrected chi connectivity index (χ3v) is 3.38. The molecule has 1 aromatic carbocycles. The number of hydrogen-bond donors (Lipinski definition) is 1. The smallest absolute Gasteiger partial charge is 0.346 e. The van der Waals surface area contributed by atoms with Crippen molar-refractivity contribution in [2.45, 2.75) is 19.6 Å². The predicted octanol–water partition coefficient (Wildman–Crippen LogP) is 3.99. The van der Waals surface area contributed by atoms with Gasteiger partial charge < -0.3 is 5.32 Å². The van der Waals surface area contributed by atoms with Gasteiger partial charge in [-0.15, -0.1) is 0 Å². The molecule has 0 saturated carbocycles. The van der Waals surface area contributed by atoms with Crippen LogP contribution in [0.3, 0.4) is 0 Å². The van der Waals surface area contributed by atoms with Gasteiger partial charge in [0.05, 0.1) is 22.8 Å². The lowest BCUT2D eigenvalue weighted by Crippen LogP contribution is -2.24. The van der Waals surface area contributed by atoms with E-state index in [4.69, 9.17) is 11.6 Å². The third kappa shape index (κ3) is 3.76. The molecule has 0 aliphatic carbocycles. The van der Waals surface area contributed by atoms with Crippen molar-refractivity contribution in [3.05, 3.63) is 63.9 Å². The van der Waals surface area contributed by atoms with E-state index in [1.807, 2.05) is 0 Å². The number of rotatable bonds is 3. The number of hydrogen-bond acceptors (Lipinski definition) is 2. The van der Waals surface area contributed by atoms with Gasteiger partial charge in [-0.1, -0.05) is 29.8 Å². The molecule has 0 saturated heterocycles. The number of aryl methyl sites for hydroxylation is 1. The summed E-state index contributed by atoms with van der Waals surface area (Å²) in [6, 6.07) is 7.78. The summed E-state index contributed by atoms with van der Waals surface area (Å²) in [7, 11) is 0. The number of carbonyl (C=O) groups is 1. The number of nitrogens with one attached hydrogen (secondary N) is 1. The number of amides is 1. The molecule has 116 valence electrons. The first-order chi connectivity index (χ1) is 10.3. The maximum Gasteiger partial charge on any atom is 0.417 e. The van der Waals surface area contributed by atoms with Crippen LogP contribution < -0.4 is 5.32 Å². The Morgan fingerprint density at radius 2 is 2.00 bits per heavy atom. The summed E-state index contributed by atoms with van der Waals surface area (Å²) in [5, 5.41) is 2.45. The van der Waals surface area contributed by atoms with Crippen molar-refractivity contribution in [3.63, 3.8) is 0 Å². The van der Waals surface area contributed by atoms with E-state index in [0.29, 0.717) is 11.8 Å². The number of nitrogens with zero attached hydrogens (tertiary/aromatic N) is 1. The maximum atomic E-state index is 12.5. The van der Waals surface area contributed by atoms with Gasteiger partial charge in [0.15, 0.2) is 0 Å². The molecule has 0 aliphatic rings. The Balaban J connectivity index is 2.09. The molecule has 3 nitrogen and oxygen atoms in total. The highest BCUT2D eigenvalue weighted by atomic mass is 35.5. The molecule has 7 heteroatoms. The zero-order chi connectivity index (χ0) is 16.3. The SMILES string of the molecule is Cc1ccccc1C(=O)NCc1ncc(C(F)(F)F)cc1Cl. The highest BCUT2D eigenvalue weighted by Gasteiger charge is 2.31. The number of aromatic nitrogens is 1. The van der Waals surface area contributed by atoms with Gasteiger partial charge in [-0.25, -0.2) is 0 Å².